The van der Waals surface area contributed by atoms with E-state index in [9.17, 15) is 0 Å². The second-order valence-electron chi connectivity index (χ2n) is 9.46. The van der Waals surface area contributed by atoms with Crippen molar-refractivity contribution in [2.45, 2.75) is 46.4 Å². The maximum absolute atomic E-state index is 7.66. The van der Waals surface area contributed by atoms with Gasteiger partial charge in [-0.1, -0.05) is 57.2 Å². The monoisotopic (exact) mass is 423 g/mol. The SMILES string of the molecule is [2H]C([2H])([2H])c1ccc2c(n1)oc1c(-c3cc(Cc4ccc(C(C)(C)C)cc4)cc(C)n3)cccc12. The number of furan rings is 1. The molecule has 0 aliphatic heterocycles. The van der Waals surface area contributed by atoms with E-state index in [0.29, 0.717) is 11.3 Å². The molecule has 160 valence electrons. The summed E-state index contributed by atoms with van der Waals surface area (Å²) in [6.45, 7) is 6.38. The summed E-state index contributed by atoms with van der Waals surface area (Å²) in [5.74, 6) is 0. The lowest BCUT2D eigenvalue weighted by atomic mass is 9.86. The third-order valence-corrected chi connectivity index (χ3v) is 5.88. The van der Waals surface area contributed by atoms with Crippen molar-refractivity contribution in [3.05, 3.63) is 94.8 Å². The number of hydrogen-bond donors (Lipinski definition) is 0. The number of aryl methyl sites for hydroxylation is 2. The van der Waals surface area contributed by atoms with Crippen LogP contribution in [0.3, 0.4) is 0 Å². The Balaban J connectivity index is 1.56. The highest BCUT2D eigenvalue weighted by Gasteiger charge is 2.16. The Morgan fingerprint density at radius 2 is 1.66 bits per heavy atom. The van der Waals surface area contributed by atoms with Crippen LogP contribution in [0.25, 0.3) is 33.3 Å². The van der Waals surface area contributed by atoms with E-state index in [1.165, 1.54) is 16.7 Å². The second-order valence-corrected chi connectivity index (χ2v) is 9.46. The summed E-state index contributed by atoms with van der Waals surface area (Å²) in [5.41, 5.74) is 7.51. The maximum Gasteiger partial charge on any atom is 0.227 e. The zero-order chi connectivity index (χ0) is 25.0. The maximum atomic E-state index is 7.66. The lowest BCUT2D eigenvalue weighted by Crippen LogP contribution is -2.10. The molecular weight excluding hydrogens is 392 g/mol. The number of pyridine rings is 2. The zero-order valence-corrected chi connectivity index (χ0v) is 18.9. The highest BCUT2D eigenvalue weighted by Crippen LogP contribution is 2.35. The molecule has 0 saturated carbocycles. The van der Waals surface area contributed by atoms with Gasteiger partial charge in [-0.3, -0.25) is 4.98 Å². The molecule has 0 aliphatic rings. The van der Waals surface area contributed by atoms with Crippen LogP contribution in [-0.4, -0.2) is 9.97 Å². The van der Waals surface area contributed by atoms with Crippen molar-refractivity contribution < 1.29 is 8.53 Å². The summed E-state index contributed by atoms with van der Waals surface area (Å²) in [6.07, 6.45) is 0.806. The molecule has 0 spiro atoms. The summed E-state index contributed by atoms with van der Waals surface area (Å²) in [4.78, 5) is 9.08. The van der Waals surface area contributed by atoms with E-state index in [1.807, 2.05) is 25.1 Å². The minimum atomic E-state index is -2.28. The highest BCUT2D eigenvalue weighted by atomic mass is 16.3. The molecule has 32 heavy (non-hydrogen) atoms. The molecule has 0 unspecified atom stereocenters. The first-order valence-electron chi connectivity index (χ1n) is 12.4. The van der Waals surface area contributed by atoms with Crippen molar-refractivity contribution in [1.82, 2.24) is 9.97 Å². The van der Waals surface area contributed by atoms with Crippen LogP contribution >= 0.6 is 0 Å². The molecule has 0 radical (unpaired) electrons. The molecular formula is C29H28N2O. The van der Waals surface area contributed by atoms with Crippen molar-refractivity contribution in [2.24, 2.45) is 0 Å². The van der Waals surface area contributed by atoms with Gasteiger partial charge in [0, 0.05) is 31.8 Å². The van der Waals surface area contributed by atoms with Gasteiger partial charge in [-0.2, -0.15) is 0 Å². The number of fused-ring (bicyclic) bond motifs is 3. The molecule has 0 aliphatic carbocycles. The molecule has 5 rings (SSSR count). The van der Waals surface area contributed by atoms with Crippen LogP contribution in [0.4, 0.5) is 0 Å². The average Bonchev–Trinajstić information content (AvgIpc) is 3.16. The second kappa shape index (κ2) is 7.59. The van der Waals surface area contributed by atoms with Gasteiger partial charge in [-0.05, 0) is 72.6 Å². The minimum absolute atomic E-state index is 0.0269. The summed E-state index contributed by atoms with van der Waals surface area (Å²) in [5, 5.41) is 1.69. The molecule has 0 atom stereocenters. The standard InChI is InChI=1S/C29H28N2O/c1-18-9-14-24-23-7-6-8-25(27(23)32-28(24)31-18)26-17-21(15-19(2)30-26)16-20-10-12-22(13-11-20)29(3,4)5/h6-15,17H,16H2,1-5H3/i1D3. The van der Waals surface area contributed by atoms with Crippen LogP contribution < -0.4 is 0 Å². The van der Waals surface area contributed by atoms with Gasteiger partial charge >= 0.3 is 0 Å². The van der Waals surface area contributed by atoms with E-state index >= 15 is 0 Å². The van der Waals surface area contributed by atoms with E-state index in [-0.39, 0.29) is 11.1 Å². The topological polar surface area (TPSA) is 38.9 Å². The van der Waals surface area contributed by atoms with Crippen molar-refractivity contribution in [3.63, 3.8) is 0 Å². The van der Waals surface area contributed by atoms with E-state index in [2.05, 4.69) is 62.2 Å². The Bertz CT molecular complexity index is 1540. The highest BCUT2D eigenvalue weighted by molar-refractivity contribution is 6.08. The normalized spacial score (nSPS) is 13.8. The van der Waals surface area contributed by atoms with Crippen molar-refractivity contribution >= 4 is 22.1 Å². The zero-order valence-electron chi connectivity index (χ0n) is 21.9. The van der Waals surface area contributed by atoms with E-state index < -0.39 is 6.85 Å². The molecule has 3 nitrogen and oxygen atoms in total. The smallest absolute Gasteiger partial charge is 0.227 e. The molecule has 3 aromatic heterocycles. The van der Waals surface area contributed by atoms with Crippen LogP contribution in [0.2, 0.25) is 0 Å². The largest absolute Gasteiger partial charge is 0.437 e. The minimum Gasteiger partial charge on any atom is -0.437 e. The molecule has 2 aromatic carbocycles. The van der Waals surface area contributed by atoms with Crippen molar-refractivity contribution in [2.75, 3.05) is 0 Å². The number of nitrogens with zero attached hydrogens (tertiary/aromatic N) is 2. The van der Waals surface area contributed by atoms with Crippen molar-refractivity contribution in [3.8, 4) is 11.3 Å². The van der Waals surface area contributed by atoms with Gasteiger partial charge in [0.15, 0.2) is 0 Å². The summed E-state index contributed by atoms with van der Waals surface area (Å²) >= 11 is 0. The van der Waals surface area contributed by atoms with Gasteiger partial charge < -0.3 is 4.42 Å². The number of para-hydroxylation sites is 1. The lowest BCUT2D eigenvalue weighted by Gasteiger charge is -2.19. The van der Waals surface area contributed by atoms with Gasteiger partial charge in [-0.25, -0.2) is 4.98 Å². The Kier molecular flexibility index (Phi) is 4.07. The first-order valence-corrected chi connectivity index (χ1v) is 10.9. The van der Waals surface area contributed by atoms with Gasteiger partial charge in [0.1, 0.15) is 5.58 Å². The predicted octanol–water partition coefficient (Wildman–Crippen LogP) is 7.55. The van der Waals surface area contributed by atoms with Gasteiger partial charge in [0.2, 0.25) is 5.71 Å². The molecule has 0 fully saturated rings. The Morgan fingerprint density at radius 3 is 2.41 bits per heavy atom. The van der Waals surface area contributed by atoms with Crippen LogP contribution in [-0.2, 0) is 11.8 Å². The Hall–Kier alpha value is -3.46. The first-order chi connectivity index (χ1) is 16.5. The number of benzene rings is 2. The molecule has 0 saturated heterocycles. The Morgan fingerprint density at radius 1 is 0.844 bits per heavy atom. The molecule has 0 N–H and O–H groups in total. The number of aromatic nitrogens is 2. The molecule has 3 heterocycles. The first kappa shape index (κ1) is 17.1. The summed E-state index contributed by atoms with van der Waals surface area (Å²) < 4.78 is 29.1. The van der Waals surface area contributed by atoms with Crippen LogP contribution in [0.1, 0.15) is 53.0 Å². The number of rotatable bonds is 3. The average molecular weight is 424 g/mol. The van der Waals surface area contributed by atoms with Gasteiger partial charge in [0.25, 0.3) is 0 Å². The fourth-order valence-corrected chi connectivity index (χ4v) is 4.22. The van der Waals surface area contributed by atoms with Crippen LogP contribution in [0.5, 0.6) is 0 Å². The third kappa shape index (κ3) is 3.80. The van der Waals surface area contributed by atoms with Crippen LogP contribution in [0.15, 0.2) is 71.1 Å². The fraction of sp³-hybridized carbons (Fsp3) is 0.241. The van der Waals surface area contributed by atoms with E-state index in [4.69, 9.17) is 13.5 Å². The fourth-order valence-electron chi connectivity index (χ4n) is 4.22. The summed E-state index contributed by atoms with van der Waals surface area (Å²) in [6, 6.07) is 22.3. The predicted molar refractivity (Wildman–Crippen MR) is 132 cm³/mol. The quantitative estimate of drug-likeness (QED) is 0.301. The van der Waals surface area contributed by atoms with Crippen molar-refractivity contribution in [1.29, 1.82) is 0 Å². The number of hydrogen-bond acceptors (Lipinski definition) is 3. The Labute approximate surface area is 193 Å². The third-order valence-electron chi connectivity index (χ3n) is 5.88. The molecule has 3 heteroatoms. The molecule has 5 aromatic rings. The van der Waals surface area contributed by atoms with Gasteiger partial charge in [-0.15, -0.1) is 0 Å². The lowest BCUT2D eigenvalue weighted by molar-refractivity contribution is 0.590. The van der Waals surface area contributed by atoms with E-state index in [0.717, 1.165) is 34.1 Å². The van der Waals surface area contributed by atoms with Crippen LogP contribution in [0, 0.1) is 13.8 Å². The van der Waals surface area contributed by atoms with E-state index in [1.54, 1.807) is 12.1 Å². The molecule has 0 amide bonds. The molecule has 0 bridgehead atoms. The van der Waals surface area contributed by atoms with Gasteiger partial charge in [0.05, 0.1) is 5.69 Å². The summed E-state index contributed by atoms with van der Waals surface area (Å²) in [7, 11) is 0.